The lowest BCUT2D eigenvalue weighted by atomic mass is 9.95. The lowest BCUT2D eigenvalue weighted by Crippen LogP contribution is -2.43. The highest BCUT2D eigenvalue weighted by molar-refractivity contribution is 7.22. The highest BCUT2D eigenvalue weighted by Gasteiger charge is 2.23. The first-order valence-corrected chi connectivity index (χ1v) is 11.9. The van der Waals surface area contributed by atoms with E-state index in [9.17, 15) is 9.59 Å². The number of benzene rings is 3. The molecular weight excluding hydrogens is 444 g/mol. The number of amides is 3. The van der Waals surface area contributed by atoms with Crippen molar-refractivity contribution in [2.45, 2.75) is 40.2 Å². The van der Waals surface area contributed by atoms with E-state index in [0.29, 0.717) is 10.7 Å². The third-order valence-electron chi connectivity index (χ3n) is 5.71. The van der Waals surface area contributed by atoms with Gasteiger partial charge in [0.2, 0.25) is 0 Å². The summed E-state index contributed by atoms with van der Waals surface area (Å²) in [6, 6.07) is 18.9. The summed E-state index contributed by atoms with van der Waals surface area (Å²) in [4.78, 5) is 30.0. The first-order valence-electron chi connectivity index (χ1n) is 11.1. The van der Waals surface area contributed by atoms with Gasteiger partial charge in [-0.15, -0.1) is 0 Å². The van der Waals surface area contributed by atoms with Crippen LogP contribution in [0.2, 0.25) is 0 Å². The van der Waals surface area contributed by atoms with Crippen LogP contribution in [-0.4, -0.2) is 16.9 Å². The fourth-order valence-electron chi connectivity index (χ4n) is 4.02. The summed E-state index contributed by atoms with van der Waals surface area (Å²) in [5.74, 6) is -0.179. The van der Waals surface area contributed by atoms with Crippen molar-refractivity contribution in [3.05, 3.63) is 88.5 Å². The summed E-state index contributed by atoms with van der Waals surface area (Å²) in [7, 11) is 0. The van der Waals surface area contributed by atoms with E-state index in [1.165, 1.54) is 11.3 Å². The molecule has 34 heavy (non-hydrogen) atoms. The molecule has 0 unspecified atom stereocenters. The molecule has 1 aromatic heterocycles. The van der Waals surface area contributed by atoms with Gasteiger partial charge in [-0.25, -0.2) is 9.78 Å². The van der Waals surface area contributed by atoms with Crippen molar-refractivity contribution in [3.63, 3.8) is 0 Å². The predicted molar refractivity (Wildman–Crippen MR) is 140 cm³/mol. The molecule has 0 fully saturated rings. The minimum absolute atomic E-state index is 0.179. The molecule has 6 nitrogen and oxygen atoms in total. The van der Waals surface area contributed by atoms with Crippen LogP contribution in [0.3, 0.4) is 0 Å². The Balaban J connectivity index is 1.48. The molecule has 0 saturated carbocycles. The summed E-state index contributed by atoms with van der Waals surface area (Å²) in [6.07, 6.45) is 0. The van der Waals surface area contributed by atoms with E-state index in [0.717, 1.165) is 38.2 Å². The van der Waals surface area contributed by atoms with Crippen molar-refractivity contribution in [3.8, 4) is 0 Å². The molecule has 3 amide bonds. The maximum atomic E-state index is 12.9. The van der Waals surface area contributed by atoms with E-state index < -0.39 is 5.54 Å². The maximum absolute atomic E-state index is 12.9. The minimum Gasteiger partial charge on any atom is -0.329 e. The zero-order valence-electron chi connectivity index (χ0n) is 19.9. The Morgan fingerprint density at radius 3 is 2.24 bits per heavy atom. The number of rotatable bonds is 5. The van der Waals surface area contributed by atoms with Crippen LogP contribution in [0.5, 0.6) is 0 Å². The highest BCUT2D eigenvalue weighted by atomic mass is 32.1. The predicted octanol–water partition coefficient (Wildman–Crippen LogP) is 6.53. The second-order valence-corrected chi connectivity index (χ2v) is 10.0. The molecule has 0 radical (unpaired) electrons. The number of urea groups is 1. The van der Waals surface area contributed by atoms with Crippen molar-refractivity contribution < 1.29 is 9.59 Å². The van der Waals surface area contributed by atoms with Crippen LogP contribution in [-0.2, 0) is 5.54 Å². The summed E-state index contributed by atoms with van der Waals surface area (Å²) in [5, 5.41) is 9.32. The molecule has 4 aromatic rings. The lowest BCUT2D eigenvalue weighted by molar-refractivity contribution is 0.102. The molecule has 7 heteroatoms. The van der Waals surface area contributed by atoms with Gasteiger partial charge in [0.05, 0.1) is 15.8 Å². The molecule has 0 aliphatic carbocycles. The van der Waals surface area contributed by atoms with Gasteiger partial charge in [0.1, 0.15) is 0 Å². The van der Waals surface area contributed by atoms with Gasteiger partial charge in [-0.3, -0.25) is 10.1 Å². The average Bonchev–Trinajstić information content (AvgIpc) is 3.17. The Labute approximate surface area is 203 Å². The largest absolute Gasteiger partial charge is 0.329 e. The number of hydrogen-bond donors (Lipinski definition) is 3. The van der Waals surface area contributed by atoms with Gasteiger partial charge in [-0.1, -0.05) is 59.4 Å². The Morgan fingerprint density at radius 2 is 1.56 bits per heavy atom. The van der Waals surface area contributed by atoms with Gasteiger partial charge in [0, 0.05) is 11.3 Å². The molecule has 3 aromatic carbocycles. The number of aryl methyl sites for hydroxylation is 3. The summed E-state index contributed by atoms with van der Waals surface area (Å²) >= 11 is 1.33. The summed E-state index contributed by atoms with van der Waals surface area (Å²) < 4.78 is 0.822. The SMILES string of the molecule is Cc1cc(C)c(NC(=O)c2ccc3nc(NC(=O)NC(C)(C)c4ccccc4)sc3c2)c(C)c1. The number of nitrogens with zero attached hydrogens (tertiary/aromatic N) is 1. The van der Waals surface area contributed by atoms with Crippen LogP contribution in [0.4, 0.5) is 15.6 Å². The quantitative estimate of drug-likeness (QED) is 0.309. The number of hydrogen-bond acceptors (Lipinski definition) is 4. The van der Waals surface area contributed by atoms with Gasteiger partial charge in [-0.05, 0) is 69.5 Å². The van der Waals surface area contributed by atoms with Crippen molar-refractivity contribution in [1.29, 1.82) is 0 Å². The Kier molecular flexibility index (Phi) is 6.39. The summed E-state index contributed by atoms with van der Waals surface area (Å²) in [6.45, 7) is 9.91. The van der Waals surface area contributed by atoms with Crippen LogP contribution in [0.25, 0.3) is 10.2 Å². The molecule has 0 spiro atoms. The number of thiazole rings is 1. The van der Waals surface area contributed by atoms with Gasteiger partial charge >= 0.3 is 6.03 Å². The smallest absolute Gasteiger partial charge is 0.321 e. The Bertz CT molecular complexity index is 1350. The van der Waals surface area contributed by atoms with Gasteiger partial charge in [0.15, 0.2) is 5.13 Å². The standard InChI is InChI=1S/C27H28N4O2S/c1-16-13-17(2)23(18(3)14-16)29-24(32)19-11-12-21-22(15-19)34-26(28-21)30-25(33)31-27(4,5)20-9-7-6-8-10-20/h6-15H,1-5H3,(H,29,32)(H2,28,30,31,33). The molecule has 0 aliphatic rings. The monoisotopic (exact) mass is 472 g/mol. The van der Waals surface area contributed by atoms with Crippen LogP contribution >= 0.6 is 11.3 Å². The number of carbonyl (C=O) groups excluding carboxylic acids is 2. The van der Waals surface area contributed by atoms with Crippen molar-refractivity contribution in [2.75, 3.05) is 10.6 Å². The topological polar surface area (TPSA) is 83.1 Å². The molecule has 3 N–H and O–H groups in total. The third-order valence-corrected chi connectivity index (χ3v) is 6.64. The van der Waals surface area contributed by atoms with E-state index >= 15 is 0 Å². The second-order valence-electron chi connectivity index (χ2n) is 9.00. The van der Waals surface area contributed by atoms with Gasteiger partial charge < -0.3 is 10.6 Å². The average molecular weight is 473 g/mol. The van der Waals surface area contributed by atoms with E-state index in [1.807, 2.05) is 65.0 Å². The molecule has 174 valence electrons. The minimum atomic E-state index is -0.542. The zero-order chi connectivity index (χ0) is 24.5. The lowest BCUT2D eigenvalue weighted by Gasteiger charge is -2.26. The maximum Gasteiger partial charge on any atom is 0.321 e. The number of nitrogens with one attached hydrogen (secondary N) is 3. The van der Waals surface area contributed by atoms with Crippen LogP contribution in [0, 0.1) is 20.8 Å². The fourth-order valence-corrected chi connectivity index (χ4v) is 4.92. The number of anilines is 2. The fraction of sp³-hybridized carbons (Fsp3) is 0.222. The third kappa shape index (κ3) is 5.10. The molecule has 4 rings (SSSR count). The molecule has 0 aliphatic heterocycles. The summed E-state index contributed by atoms with van der Waals surface area (Å²) in [5.41, 5.74) is 5.78. The van der Waals surface area contributed by atoms with E-state index in [-0.39, 0.29) is 11.9 Å². The molecular formula is C27H28N4O2S. The van der Waals surface area contributed by atoms with E-state index in [1.54, 1.807) is 18.2 Å². The Hall–Kier alpha value is -3.71. The second kappa shape index (κ2) is 9.27. The number of aromatic nitrogens is 1. The first-order chi connectivity index (χ1) is 16.1. The molecule has 0 bridgehead atoms. The highest BCUT2D eigenvalue weighted by Crippen LogP contribution is 2.28. The zero-order valence-corrected chi connectivity index (χ0v) is 20.8. The Morgan fingerprint density at radius 1 is 0.882 bits per heavy atom. The molecule has 0 saturated heterocycles. The molecule has 0 atom stereocenters. The van der Waals surface area contributed by atoms with Crippen LogP contribution < -0.4 is 16.0 Å². The number of carbonyl (C=O) groups is 2. The normalized spacial score (nSPS) is 11.3. The molecule has 1 heterocycles. The number of fused-ring (bicyclic) bond motifs is 1. The van der Waals surface area contributed by atoms with Crippen LogP contribution in [0.15, 0.2) is 60.7 Å². The van der Waals surface area contributed by atoms with Crippen LogP contribution in [0.1, 0.15) is 46.5 Å². The van der Waals surface area contributed by atoms with E-state index in [2.05, 4.69) is 33.1 Å². The van der Waals surface area contributed by atoms with Gasteiger partial charge in [-0.2, -0.15) is 0 Å². The van der Waals surface area contributed by atoms with Crippen molar-refractivity contribution in [1.82, 2.24) is 10.3 Å². The van der Waals surface area contributed by atoms with Crippen molar-refractivity contribution >= 4 is 44.3 Å². The van der Waals surface area contributed by atoms with Gasteiger partial charge in [0.25, 0.3) is 5.91 Å². The van der Waals surface area contributed by atoms with E-state index in [4.69, 9.17) is 0 Å². The van der Waals surface area contributed by atoms with Crippen molar-refractivity contribution in [2.24, 2.45) is 0 Å². The first kappa shape index (κ1) is 23.4.